The van der Waals surface area contributed by atoms with Gasteiger partial charge in [-0.25, -0.2) is 19.2 Å². The van der Waals surface area contributed by atoms with Crippen LogP contribution in [0.5, 0.6) is 11.5 Å². The number of carbonyl (C=O) groups is 4. The SMILES string of the molecule is CSc1ccc2c(c1)C(N1CCN(C)CC1)Cc1ccccc1S2.Cc1cc(C=Cc2ccc3cc(N(C)C)ccc3[n+]2C)c(C)n1-c1ccccc1.O=C(O)C=CC(=O)O.O=C(O)c1cc2ccccc2c(Cc2c(O)c(C(=O)O)cc3ccccc23)c1[O-]. The maximum absolute atomic E-state index is 12.9. The average molecular weight is 1240 g/mol. The molecule has 460 valence electrons. The van der Waals surface area contributed by atoms with E-state index in [1.54, 1.807) is 48.5 Å². The molecule has 1 fully saturated rings. The molecule has 0 bridgehead atoms. The monoisotopic (exact) mass is 1240 g/mol. The highest BCUT2D eigenvalue weighted by atomic mass is 32.2. The minimum atomic E-state index is -1.34. The number of para-hydroxylation sites is 1. The molecule has 8 aromatic carbocycles. The van der Waals surface area contributed by atoms with Crippen LogP contribution in [-0.2, 0) is 29.5 Å². The Morgan fingerprint density at radius 1 is 0.667 bits per heavy atom. The molecule has 1 unspecified atom stereocenters. The molecule has 12 rings (SSSR count). The Kier molecular flexibility index (Phi) is 21.0. The van der Waals surface area contributed by atoms with Crippen molar-refractivity contribution in [3.8, 4) is 17.2 Å². The van der Waals surface area contributed by atoms with Crippen LogP contribution in [0, 0.1) is 13.8 Å². The summed E-state index contributed by atoms with van der Waals surface area (Å²) in [4.78, 5) is 53.8. The first-order valence-corrected chi connectivity index (χ1v) is 31.2. The van der Waals surface area contributed by atoms with E-state index >= 15 is 0 Å². The van der Waals surface area contributed by atoms with Gasteiger partial charge in [0.15, 0.2) is 0 Å². The summed E-state index contributed by atoms with van der Waals surface area (Å²) in [6, 6.07) is 56.8. The summed E-state index contributed by atoms with van der Waals surface area (Å²) in [6.45, 7) is 9.01. The lowest BCUT2D eigenvalue weighted by Gasteiger charge is -2.38. The van der Waals surface area contributed by atoms with E-state index in [-0.39, 0.29) is 28.7 Å². The fourth-order valence-corrected chi connectivity index (χ4v) is 13.0. The van der Waals surface area contributed by atoms with Gasteiger partial charge in [0.25, 0.3) is 0 Å². The Morgan fingerprint density at radius 3 is 1.91 bits per heavy atom. The second-order valence-electron chi connectivity index (χ2n) is 22.2. The third kappa shape index (κ3) is 15.1. The van der Waals surface area contributed by atoms with Crippen molar-refractivity contribution in [3.63, 3.8) is 0 Å². The first kappa shape index (κ1) is 64.8. The molecule has 5 N–H and O–H groups in total. The number of hydrogen-bond acceptors (Lipinski definition) is 11. The number of nitrogens with zero attached hydrogens (tertiary/aromatic N) is 5. The van der Waals surface area contributed by atoms with Gasteiger partial charge in [-0.05, 0) is 156 Å². The van der Waals surface area contributed by atoms with E-state index in [0.717, 1.165) is 19.5 Å². The van der Waals surface area contributed by atoms with Crippen LogP contribution in [0.15, 0.2) is 197 Å². The summed E-state index contributed by atoms with van der Waals surface area (Å²) in [7, 11) is 8.51. The number of pyridine rings is 1. The maximum atomic E-state index is 12.9. The Labute approximate surface area is 531 Å². The molecule has 0 saturated carbocycles. The van der Waals surface area contributed by atoms with Crippen molar-refractivity contribution in [2.24, 2.45) is 7.05 Å². The molecule has 15 nitrogen and oxygen atoms in total. The van der Waals surface area contributed by atoms with E-state index in [2.05, 4.69) is 193 Å². The lowest BCUT2D eigenvalue weighted by atomic mass is 9.90. The number of aromatic hydroxyl groups is 1. The van der Waals surface area contributed by atoms with Crippen LogP contribution >= 0.6 is 23.5 Å². The van der Waals surface area contributed by atoms with Crippen LogP contribution in [0.3, 0.4) is 0 Å². The Morgan fingerprint density at radius 2 is 1.28 bits per heavy atom. The number of aliphatic carboxylic acids is 2. The Hall–Kier alpha value is -9.65. The summed E-state index contributed by atoms with van der Waals surface area (Å²) in [5.41, 5.74) is 11.4. The molecule has 4 heterocycles. The van der Waals surface area contributed by atoms with Crippen molar-refractivity contribution < 1.29 is 54.4 Å². The first-order chi connectivity index (χ1) is 43.2. The molecule has 2 aliphatic heterocycles. The number of likely N-dealkylation sites (N-methyl/N-ethyl adjacent to an activating group) is 1. The summed E-state index contributed by atoms with van der Waals surface area (Å²) in [6.07, 6.45) is 8.73. The number of aromatic nitrogens is 2. The molecule has 0 spiro atoms. The van der Waals surface area contributed by atoms with Crippen LogP contribution in [-0.4, -0.2) is 117 Å². The third-order valence-corrected chi connectivity index (χ3v) is 18.1. The number of phenols is 1. The molecular weight excluding hydrogens is 1170 g/mol. The zero-order valence-electron chi connectivity index (χ0n) is 51.1. The molecule has 0 aliphatic carbocycles. The highest BCUT2D eigenvalue weighted by molar-refractivity contribution is 7.99. The fourth-order valence-electron chi connectivity index (χ4n) is 11.4. The van der Waals surface area contributed by atoms with Crippen molar-refractivity contribution in [2.75, 3.05) is 58.5 Å². The van der Waals surface area contributed by atoms with Crippen molar-refractivity contribution in [1.82, 2.24) is 14.4 Å². The van der Waals surface area contributed by atoms with E-state index < -0.39 is 35.4 Å². The minimum Gasteiger partial charge on any atom is -0.872 e. The van der Waals surface area contributed by atoms with Gasteiger partial charge in [-0.2, -0.15) is 4.57 Å². The number of rotatable bonds is 12. The van der Waals surface area contributed by atoms with Crippen molar-refractivity contribution in [2.45, 2.75) is 47.4 Å². The number of aryl methyl sites for hydroxylation is 2. The molecule has 90 heavy (non-hydrogen) atoms. The third-order valence-electron chi connectivity index (χ3n) is 16.2. The predicted octanol–water partition coefficient (Wildman–Crippen LogP) is 13.2. The predicted molar refractivity (Wildman–Crippen MR) is 358 cm³/mol. The second kappa shape index (κ2) is 29.1. The van der Waals surface area contributed by atoms with Gasteiger partial charge < -0.3 is 45.0 Å². The van der Waals surface area contributed by atoms with E-state index in [0.29, 0.717) is 39.7 Å². The molecule has 2 aromatic heterocycles. The molecule has 17 heteroatoms. The number of carboxylic acids is 4. The molecule has 1 atom stereocenters. The highest BCUT2D eigenvalue weighted by Crippen LogP contribution is 2.44. The highest BCUT2D eigenvalue weighted by Gasteiger charge is 2.30. The molecule has 0 radical (unpaired) electrons. The standard InChI is InChI=1S/C26H28N3.C23H16O6.C20H24N2S2.C4H4O4/c1-19-17-21(20(2)29(19)24-9-7-6-8-10-24)11-13-23-14-12-22-18-25(27(3)4)15-16-26(22)28(23)5;24-20-16(14-7-3-1-5-12(14)9-18(20)22(26)27)11-17-15-8-4-2-6-13(15)10-19(21(17)25)23(28)29;1-21-9-11-22(12-10-21)18-13-15-5-3-4-6-19(15)24-20-8-7-16(23-2)14-17(18)20;5-3(6)1-2-4(7)8/h6-18H,1-5H3;1-10,24-25H,11H2,(H,26,27)(H,28,29);3-8,14,18H,9-13H2,1-2H3;1-2H,(H,5,6)(H,7,8)/q+1;;;/p-1. The zero-order valence-corrected chi connectivity index (χ0v) is 52.8. The number of aromatic carboxylic acids is 2. The molecule has 10 aromatic rings. The number of fused-ring (bicyclic) bond motifs is 5. The smallest absolute Gasteiger partial charge is 0.339 e. The second-order valence-corrected chi connectivity index (χ2v) is 24.1. The molecule has 2 aliphatic rings. The van der Waals surface area contributed by atoms with Crippen LogP contribution in [0.1, 0.15) is 71.7 Å². The van der Waals surface area contributed by atoms with E-state index in [4.69, 9.17) is 10.2 Å². The molecule has 1 saturated heterocycles. The van der Waals surface area contributed by atoms with E-state index in [1.807, 2.05) is 23.5 Å². The lowest BCUT2D eigenvalue weighted by Crippen LogP contribution is -2.46. The summed E-state index contributed by atoms with van der Waals surface area (Å²) in [5.74, 6) is -6.23. The van der Waals surface area contributed by atoms with Gasteiger partial charge in [-0.3, -0.25) is 4.90 Å². The van der Waals surface area contributed by atoms with Gasteiger partial charge in [0, 0.05) is 131 Å². The molecular formula is C73H71N5O10S2. The Bertz CT molecular complexity index is 4260. The van der Waals surface area contributed by atoms with Crippen molar-refractivity contribution in [3.05, 3.63) is 238 Å². The number of anilines is 1. The normalized spacial score (nSPS) is 13.9. The molecule has 0 amide bonds. The zero-order chi connectivity index (χ0) is 64.3. The van der Waals surface area contributed by atoms with Gasteiger partial charge in [0.05, 0.1) is 5.56 Å². The number of carboxylic acid groups (broad SMARTS) is 4. The summed E-state index contributed by atoms with van der Waals surface area (Å²) in [5, 5.41) is 61.7. The number of thioether (sulfide) groups is 1. The van der Waals surface area contributed by atoms with Gasteiger partial charge in [0.2, 0.25) is 11.2 Å². The topological polar surface area (TPSA) is 211 Å². The largest absolute Gasteiger partial charge is 0.872 e. The van der Waals surface area contributed by atoms with Gasteiger partial charge in [-0.15, -0.1) is 11.8 Å². The van der Waals surface area contributed by atoms with Crippen LogP contribution < -0.4 is 14.6 Å². The average Bonchev–Trinajstić information content (AvgIpc) is 1.01. The first-order valence-electron chi connectivity index (χ1n) is 29.2. The summed E-state index contributed by atoms with van der Waals surface area (Å²) >= 11 is 3.79. The van der Waals surface area contributed by atoms with Gasteiger partial charge >= 0.3 is 23.9 Å². The quantitative estimate of drug-likeness (QED) is 0.0437. The minimum absolute atomic E-state index is 0.103. The van der Waals surface area contributed by atoms with Gasteiger partial charge in [-0.1, -0.05) is 102 Å². The van der Waals surface area contributed by atoms with E-state index in [9.17, 15) is 39.6 Å². The van der Waals surface area contributed by atoms with Crippen LogP contribution in [0.2, 0.25) is 0 Å². The summed E-state index contributed by atoms with van der Waals surface area (Å²) < 4.78 is 4.56. The van der Waals surface area contributed by atoms with E-state index in [1.165, 1.54) is 96.0 Å². The fraction of sp³-hybridized carbons (Fsp3) is 0.192. The van der Waals surface area contributed by atoms with Crippen LogP contribution in [0.4, 0.5) is 5.69 Å². The number of hydrogen-bond donors (Lipinski definition) is 5. The number of benzene rings is 8. The van der Waals surface area contributed by atoms with Crippen LogP contribution in [0.25, 0.3) is 50.3 Å². The van der Waals surface area contributed by atoms with Crippen molar-refractivity contribution in [1.29, 1.82) is 0 Å². The van der Waals surface area contributed by atoms with Gasteiger partial charge in [0.1, 0.15) is 18.4 Å². The maximum Gasteiger partial charge on any atom is 0.339 e. The van der Waals surface area contributed by atoms with Crippen molar-refractivity contribution >= 4 is 97.7 Å². The lowest BCUT2D eigenvalue weighted by molar-refractivity contribution is -0.646. The number of piperazine rings is 1. The Balaban J connectivity index is 0.000000151.